The second kappa shape index (κ2) is 12.1. The van der Waals surface area contributed by atoms with E-state index in [2.05, 4.69) is 63.9 Å². The second-order valence-corrected chi connectivity index (χ2v) is 8.62. The first-order valence-electron chi connectivity index (χ1n) is 11.0. The summed E-state index contributed by atoms with van der Waals surface area (Å²) in [5, 5.41) is 17.2. The van der Waals surface area contributed by atoms with Crippen LogP contribution in [0.5, 0.6) is 0 Å². The summed E-state index contributed by atoms with van der Waals surface area (Å²) in [6.45, 7) is 8.70. The van der Waals surface area contributed by atoms with Gasteiger partial charge in [0.2, 0.25) is 0 Å². The molecule has 2 aromatic heterocycles. The summed E-state index contributed by atoms with van der Waals surface area (Å²) in [5.41, 5.74) is 4.18. The molecule has 0 aliphatic rings. The lowest BCUT2D eigenvalue weighted by Gasteiger charge is -2.18. The van der Waals surface area contributed by atoms with E-state index in [9.17, 15) is 5.26 Å². The van der Waals surface area contributed by atoms with Crippen molar-refractivity contribution in [3.63, 3.8) is 0 Å². The molecule has 1 N–H and O–H groups in total. The maximum Gasteiger partial charge on any atom is 0.172 e. The molecule has 2 heterocycles. The van der Waals surface area contributed by atoms with Gasteiger partial charge in [-0.1, -0.05) is 56.0 Å². The Balaban J connectivity index is 1.63. The normalized spacial score (nSPS) is 11.6. The molecule has 170 valence electrons. The first kappa shape index (κ1) is 24.4. The number of allylic oxidation sites excluding steroid dienone is 5. The van der Waals surface area contributed by atoms with Gasteiger partial charge in [-0.25, -0.2) is 4.98 Å². The molecular weight excluding hydrogens is 476 g/mol. The number of nitrogens with zero attached hydrogens (tertiary/aromatic N) is 5. The van der Waals surface area contributed by atoms with Crippen LogP contribution in [0.1, 0.15) is 36.6 Å². The third-order valence-electron chi connectivity index (χ3n) is 5.14. The monoisotopic (exact) mass is 504 g/mol. The molecule has 3 rings (SSSR count). The van der Waals surface area contributed by atoms with E-state index in [0.29, 0.717) is 0 Å². The molecule has 0 amide bonds. The average Bonchev–Trinajstić information content (AvgIpc) is 3.20. The molecule has 3 aromatic rings. The number of hydrogen-bond acceptors (Lipinski definition) is 5. The fraction of sp³-hybridized carbons (Fsp3) is 0.269. The fourth-order valence-corrected chi connectivity index (χ4v) is 3.75. The maximum atomic E-state index is 9.28. The first-order valence-corrected chi connectivity index (χ1v) is 11.8. The number of aromatic nitrogens is 3. The van der Waals surface area contributed by atoms with Crippen molar-refractivity contribution in [3.05, 3.63) is 88.7 Å². The number of benzene rings is 1. The molecule has 0 unspecified atom stereocenters. The topological polar surface area (TPSA) is 69.2 Å². The average molecular weight is 505 g/mol. The number of nitrogens with one attached hydrogen (secondary N) is 1. The van der Waals surface area contributed by atoms with Crippen LogP contribution in [-0.4, -0.2) is 39.6 Å². The van der Waals surface area contributed by atoms with Crippen LogP contribution in [-0.2, 0) is 6.54 Å². The first-order chi connectivity index (χ1) is 16.0. The summed E-state index contributed by atoms with van der Waals surface area (Å²) < 4.78 is 2.64. The van der Waals surface area contributed by atoms with Crippen LogP contribution in [0.2, 0.25) is 0 Å². The molecule has 0 aliphatic carbocycles. The van der Waals surface area contributed by atoms with E-state index < -0.39 is 0 Å². The lowest BCUT2D eigenvalue weighted by molar-refractivity contribution is 0.325. The van der Waals surface area contributed by atoms with Gasteiger partial charge in [0.05, 0.1) is 28.0 Å². The highest BCUT2D eigenvalue weighted by atomic mass is 79.9. The van der Waals surface area contributed by atoms with Crippen molar-refractivity contribution in [2.24, 2.45) is 0 Å². The van der Waals surface area contributed by atoms with Gasteiger partial charge in [-0.3, -0.25) is 0 Å². The van der Waals surface area contributed by atoms with Gasteiger partial charge in [-0.15, -0.1) is 0 Å². The summed E-state index contributed by atoms with van der Waals surface area (Å²) in [6.07, 6.45) is 11.7. The summed E-state index contributed by atoms with van der Waals surface area (Å²) in [5.74, 6) is 0.872. The lowest BCUT2D eigenvalue weighted by atomic mass is 10.1. The second-order valence-electron chi connectivity index (χ2n) is 7.76. The minimum Gasteiger partial charge on any atom is -0.370 e. The molecule has 0 radical (unpaired) electrons. The van der Waals surface area contributed by atoms with Gasteiger partial charge in [0.1, 0.15) is 5.82 Å². The van der Waals surface area contributed by atoms with E-state index in [4.69, 9.17) is 4.98 Å². The Kier molecular flexibility index (Phi) is 8.99. The largest absolute Gasteiger partial charge is 0.370 e. The third kappa shape index (κ3) is 6.64. The summed E-state index contributed by atoms with van der Waals surface area (Å²) in [6, 6.07) is 12.0. The SMILES string of the molecule is C=C(/C=C\C=C/CC)c1cc(NCCCN(C)Cc2ccccc2C#N)n2ncc(Br)c2n1. The summed E-state index contributed by atoms with van der Waals surface area (Å²) in [4.78, 5) is 6.95. The molecule has 0 fully saturated rings. The van der Waals surface area contributed by atoms with Crippen molar-refractivity contribution in [2.75, 3.05) is 25.5 Å². The molecule has 6 nitrogen and oxygen atoms in total. The maximum absolute atomic E-state index is 9.28. The molecule has 1 aromatic carbocycles. The Morgan fingerprint density at radius 1 is 1.33 bits per heavy atom. The van der Waals surface area contributed by atoms with Crippen LogP contribution in [0.15, 0.2) is 71.9 Å². The fourth-order valence-electron chi connectivity index (χ4n) is 3.40. The quantitative estimate of drug-likeness (QED) is 0.262. The Morgan fingerprint density at radius 2 is 2.15 bits per heavy atom. The zero-order chi connectivity index (χ0) is 23.6. The van der Waals surface area contributed by atoms with Crippen molar-refractivity contribution in [1.29, 1.82) is 5.26 Å². The molecule has 0 saturated carbocycles. The van der Waals surface area contributed by atoms with E-state index in [-0.39, 0.29) is 0 Å². The van der Waals surface area contributed by atoms with Gasteiger partial charge in [-0.05, 0) is 59.6 Å². The predicted molar refractivity (Wildman–Crippen MR) is 139 cm³/mol. The van der Waals surface area contributed by atoms with E-state index in [1.807, 2.05) is 48.6 Å². The smallest absolute Gasteiger partial charge is 0.172 e. The zero-order valence-electron chi connectivity index (χ0n) is 19.1. The number of halogens is 1. The molecule has 0 spiro atoms. The Labute approximate surface area is 204 Å². The summed E-state index contributed by atoms with van der Waals surface area (Å²) >= 11 is 3.54. The van der Waals surface area contributed by atoms with Crippen LogP contribution in [0.25, 0.3) is 11.2 Å². The minimum absolute atomic E-state index is 0.734. The number of nitriles is 1. The van der Waals surface area contributed by atoms with Crippen molar-refractivity contribution < 1.29 is 0 Å². The van der Waals surface area contributed by atoms with Gasteiger partial charge in [0, 0.05) is 19.2 Å². The van der Waals surface area contributed by atoms with E-state index in [1.165, 1.54) is 0 Å². The van der Waals surface area contributed by atoms with E-state index in [1.54, 1.807) is 10.7 Å². The predicted octanol–water partition coefficient (Wildman–Crippen LogP) is 5.83. The van der Waals surface area contributed by atoms with Crippen molar-refractivity contribution >= 4 is 33.0 Å². The standard InChI is InChI=1S/C26H29BrN6/c1-4-5-6-7-11-20(2)24-16-25(33-26(31-24)23(27)18-30-33)29-14-10-15-32(3)19-22-13-9-8-12-21(22)17-28/h5-9,11-13,16,18,29H,2,4,10,14-15,19H2,1,3H3/b6-5-,11-7-. The van der Waals surface area contributed by atoms with Crippen LogP contribution in [0.3, 0.4) is 0 Å². The van der Waals surface area contributed by atoms with Crippen molar-refractivity contribution in [2.45, 2.75) is 26.3 Å². The molecular formula is C26H29BrN6. The van der Waals surface area contributed by atoms with E-state index >= 15 is 0 Å². The summed E-state index contributed by atoms with van der Waals surface area (Å²) in [7, 11) is 2.07. The molecule has 0 bridgehead atoms. The number of hydrogen-bond donors (Lipinski definition) is 1. The van der Waals surface area contributed by atoms with Crippen LogP contribution >= 0.6 is 15.9 Å². The highest BCUT2D eigenvalue weighted by Gasteiger charge is 2.11. The number of fused-ring (bicyclic) bond motifs is 1. The number of rotatable bonds is 11. The zero-order valence-corrected chi connectivity index (χ0v) is 20.7. The highest BCUT2D eigenvalue weighted by Crippen LogP contribution is 2.23. The minimum atomic E-state index is 0.734. The van der Waals surface area contributed by atoms with Gasteiger partial charge in [0.25, 0.3) is 0 Å². The Morgan fingerprint density at radius 3 is 2.94 bits per heavy atom. The van der Waals surface area contributed by atoms with Gasteiger partial charge < -0.3 is 10.2 Å². The highest BCUT2D eigenvalue weighted by molar-refractivity contribution is 9.10. The number of anilines is 1. The van der Waals surface area contributed by atoms with Gasteiger partial charge in [0.15, 0.2) is 5.65 Å². The van der Waals surface area contributed by atoms with Crippen molar-refractivity contribution in [3.8, 4) is 6.07 Å². The molecule has 0 aliphatic heterocycles. The lowest BCUT2D eigenvalue weighted by Crippen LogP contribution is -2.22. The Hall–Kier alpha value is -3.21. The van der Waals surface area contributed by atoms with Crippen LogP contribution < -0.4 is 5.32 Å². The van der Waals surface area contributed by atoms with Crippen LogP contribution in [0.4, 0.5) is 5.82 Å². The molecule has 7 heteroatoms. The molecule has 0 atom stereocenters. The van der Waals surface area contributed by atoms with Crippen LogP contribution in [0, 0.1) is 11.3 Å². The molecule has 33 heavy (non-hydrogen) atoms. The van der Waals surface area contributed by atoms with Crippen molar-refractivity contribution in [1.82, 2.24) is 19.5 Å². The van der Waals surface area contributed by atoms with E-state index in [0.717, 1.165) is 70.8 Å². The Bertz CT molecular complexity index is 1200. The van der Waals surface area contributed by atoms with Gasteiger partial charge >= 0.3 is 0 Å². The van der Waals surface area contributed by atoms with Gasteiger partial charge in [-0.2, -0.15) is 14.9 Å². The third-order valence-corrected chi connectivity index (χ3v) is 5.70. The molecule has 0 saturated heterocycles.